The monoisotopic (exact) mass is 328 g/mol. The molecule has 0 unspecified atom stereocenters. The number of rotatable bonds is 2. The molecule has 3 rings (SSSR count). The predicted octanol–water partition coefficient (Wildman–Crippen LogP) is 3.75. The lowest BCUT2D eigenvalue weighted by molar-refractivity contribution is 0.112. The highest BCUT2D eigenvalue weighted by molar-refractivity contribution is 5.75. The maximum absolute atomic E-state index is 10.6. The molecule has 0 aliphatic heterocycles. The second kappa shape index (κ2) is 9.82. The van der Waals surface area contributed by atoms with Crippen LogP contribution >= 0.6 is 0 Å². The minimum absolute atomic E-state index is 0.600. The Morgan fingerprint density at radius 2 is 1.64 bits per heavy atom. The van der Waals surface area contributed by atoms with E-state index in [9.17, 15) is 4.79 Å². The molecule has 0 aliphatic rings. The Balaban J connectivity index is 0.000000236. The summed E-state index contributed by atoms with van der Waals surface area (Å²) in [5, 5.41) is 0. The molecule has 124 valence electrons. The van der Waals surface area contributed by atoms with Gasteiger partial charge in [-0.25, -0.2) is 0 Å². The quantitative estimate of drug-likeness (QED) is 0.576. The molecule has 0 spiro atoms. The van der Waals surface area contributed by atoms with Gasteiger partial charge in [0.2, 0.25) is 0 Å². The standard InChI is InChI=1S/C16H12O.C6H8N2/c1-13-5-7-14(8-6-13)9-10-15-3-2-4-16(11-15)12-17;7-5-6-1-3-8-4-2-6/h2-8,11-12H,1H3;1-4H,5,7H2. The smallest absolute Gasteiger partial charge is 0.150 e. The summed E-state index contributed by atoms with van der Waals surface area (Å²) in [5.74, 6) is 6.12. The number of aryl methyl sites for hydroxylation is 1. The maximum Gasteiger partial charge on any atom is 0.150 e. The molecule has 0 atom stereocenters. The molecule has 0 amide bonds. The average molecular weight is 328 g/mol. The van der Waals surface area contributed by atoms with Gasteiger partial charge in [0.05, 0.1) is 0 Å². The lowest BCUT2D eigenvalue weighted by Crippen LogP contribution is -1.94. The fourth-order valence-corrected chi connectivity index (χ4v) is 1.99. The molecule has 3 heteroatoms. The zero-order valence-electron chi connectivity index (χ0n) is 14.1. The van der Waals surface area contributed by atoms with Crippen molar-refractivity contribution in [2.45, 2.75) is 13.5 Å². The molecule has 2 aromatic carbocycles. The Labute approximate surface area is 148 Å². The van der Waals surface area contributed by atoms with Crippen molar-refractivity contribution in [3.63, 3.8) is 0 Å². The first-order chi connectivity index (χ1) is 12.2. The number of hydrogen-bond acceptors (Lipinski definition) is 3. The Hall–Kier alpha value is -3.22. The van der Waals surface area contributed by atoms with Gasteiger partial charge < -0.3 is 5.73 Å². The number of nitrogens with zero attached hydrogens (tertiary/aromatic N) is 1. The van der Waals surface area contributed by atoms with Crippen molar-refractivity contribution in [1.82, 2.24) is 4.98 Å². The summed E-state index contributed by atoms with van der Waals surface area (Å²) in [7, 11) is 0. The molecule has 25 heavy (non-hydrogen) atoms. The van der Waals surface area contributed by atoms with Gasteiger partial charge in [-0.2, -0.15) is 0 Å². The van der Waals surface area contributed by atoms with Crippen LogP contribution in [-0.2, 0) is 6.54 Å². The summed E-state index contributed by atoms with van der Waals surface area (Å²) in [6.45, 7) is 2.65. The number of aromatic nitrogens is 1. The van der Waals surface area contributed by atoms with Crippen molar-refractivity contribution in [1.29, 1.82) is 0 Å². The van der Waals surface area contributed by atoms with Crippen molar-refractivity contribution >= 4 is 6.29 Å². The van der Waals surface area contributed by atoms with Crippen LogP contribution in [0.25, 0.3) is 0 Å². The van der Waals surface area contributed by atoms with Crippen molar-refractivity contribution in [2.75, 3.05) is 0 Å². The highest BCUT2D eigenvalue weighted by atomic mass is 16.1. The third-order valence-electron chi connectivity index (χ3n) is 3.41. The van der Waals surface area contributed by atoms with Gasteiger partial charge in [-0.05, 0) is 48.9 Å². The van der Waals surface area contributed by atoms with Gasteiger partial charge in [0.1, 0.15) is 6.29 Å². The van der Waals surface area contributed by atoms with Crippen molar-refractivity contribution in [3.05, 3.63) is 101 Å². The fourth-order valence-electron chi connectivity index (χ4n) is 1.99. The molecule has 0 aliphatic carbocycles. The molecule has 0 saturated carbocycles. The molecule has 0 fully saturated rings. The first kappa shape index (κ1) is 18.1. The molecule has 0 radical (unpaired) electrons. The Kier molecular flexibility index (Phi) is 7.12. The maximum atomic E-state index is 10.6. The van der Waals surface area contributed by atoms with Crippen molar-refractivity contribution < 1.29 is 4.79 Å². The van der Waals surface area contributed by atoms with Crippen LogP contribution in [0.15, 0.2) is 73.1 Å². The second-order valence-electron chi connectivity index (χ2n) is 5.42. The van der Waals surface area contributed by atoms with E-state index in [-0.39, 0.29) is 0 Å². The summed E-state index contributed by atoms with van der Waals surface area (Å²) in [5.41, 5.74) is 10.2. The van der Waals surface area contributed by atoms with Crippen LogP contribution in [0.4, 0.5) is 0 Å². The van der Waals surface area contributed by atoms with Gasteiger partial charge >= 0.3 is 0 Å². The van der Waals surface area contributed by atoms with Crippen molar-refractivity contribution in [2.24, 2.45) is 5.73 Å². The second-order valence-corrected chi connectivity index (χ2v) is 5.42. The van der Waals surface area contributed by atoms with Crippen LogP contribution in [0, 0.1) is 18.8 Å². The number of aldehydes is 1. The van der Waals surface area contributed by atoms with E-state index in [0.29, 0.717) is 12.1 Å². The minimum Gasteiger partial charge on any atom is -0.326 e. The van der Waals surface area contributed by atoms with Crippen LogP contribution < -0.4 is 5.73 Å². The number of carbonyl (C=O) groups excluding carboxylic acids is 1. The summed E-state index contributed by atoms with van der Waals surface area (Å²) in [6, 6.07) is 19.1. The largest absolute Gasteiger partial charge is 0.326 e. The fraction of sp³-hybridized carbons (Fsp3) is 0.0909. The van der Waals surface area contributed by atoms with Gasteiger partial charge in [-0.15, -0.1) is 0 Å². The topological polar surface area (TPSA) is 56.0 Å². The number of carbonyl (C=O) groups is 1. The average Bonchev–Trinajstić information content (AvgIpc) is 2.69. The van der Waals surface area contributed by atoms with Crippen LogP contribution in [0.2, 0.25) is 0 Å². The van der Waals surface area contributed by atoms with Gasteiger partial charge in [0.15, 0.2) is 0 Å². The first-order valence-electron chi connectivity index (χ1n) is 7.94. The summed E-state index contributed by atoms with van der Waals surface area (Å²) < 4.78 is 0. The van der Waals surface area contributed by atoms with E-state index in [1.165, 1.54) is 5.56 Å². The highest BCUT2D eigenvalue weighted by Gasteiger charge is 1.91. The van der Waals surface area contributed by atoms with Gasteiger partial charge in [-0.3, -0.25) is 9.78 Å². The van der Waals surface area contributed by atoms with Crippen LogP contribution in [-0.4, -0.2) is 11.3 Å². The zero-order chi connectivity index (χ0) is 17.9. The van der Waals surface area contributed by atoms with Gasteiger partial charge in [-0.1, -0.05) is 41.7 Å². The summed E-state index contributed by atoms with van der Waals surface area (Å²) in [4.78, 5) is 14.5. The molecule has 3 nitrogen and oxygen atoms in total. The first-order valence-corrected chi connectivity index (χ1v) is 7.94. The summed E-state index contributed by atoms with van der Waals surface area (Å²) in [6.07, 6.45) is 4.31. The lowest BCUT2D eigenvalue weighted by atomic mass is 10.1. The molecular weight excluding hydrogens is 308 g/mol. The van der Waals surface area contributed by atoms with E-state index in [1.807, 2.05) is 55.5 Å². The van der Waals surface area contributed by atoms with E-state index < -0.39 is 0 Å². The van der Waals surface area contributed by atoms with E-state index in [1.54, 1.807) is 24.5 Å². The molecule has 0 bridgehead atoms. The van der Waals surface area contributed by atoms with Crippen LogP contribution in [0.3, 0.4) is 0 Å². The molecule has 2 N–H and O–H groups in total. The van der Waals surface area contributed by atoms with E-state index in [4.69, 9.17) is 5.73 Å². The predicted molar refractivity (Wildman–Crippen MR) is 101 cm³/mol. The summed E-state index contributed by atoms with van der Waals surface area (Å²) >= 11 is 0. The molecule has 1 heterocycles. The number of hydrogen-bond donors (Lipinski definition) is 1. The van der Waals surface area contributed by atoms with Crippen molar-refractivity contribution in [3.8, 4) is 11.8 Å². The SMILES string of the molecule is Cc1ccc(C#Cc2cccc(C=O)c2)cc1.NCc1ccncc1. The zero-order valence-corrected chi connectivity index (χ0v) is 14.1. The number of pyridine rings is 1. The van der Waals surface area contributed by atoms with Gasteiger partial charge in [0, 0.05) is 35.6 Å². The lowest BCUT2D eigenvalue weighted by Gasteiger charge is -1.93. The normalized spacial score (nSPS) is 9.20. The number of benzene rings is 2. The Morgan fingerprint density at radius 3 is 2.24 bits per heavy atom. The molecule has 3 aromatic rings. The molecule has 1 aromatic heterocycles. The third kappa shape index (κ3) is 6.42. The minimum atomic E-state index is 0.600. The highest BCUT2D eigenvalue weighted by Crippen LogP contribution is 2.04. The Bertz CT molecular complexity index is 860. The molecular formula is C22H20N2O. The van der Waals surface area contributed by atoms with Crippen LogP contribution in [0.1, 0.15) is 32.6 Å². The Morgan fingerprint density at radius 1 is 0.960 bits per heavy atom. The van der Waals surface area contributed by atoms with E-state index >= 15 is 0 Å². The third-order valence-corrected chi connectivity index (χ3v) is 3.41. The molecule has 0 saturated heterocycles. The van der Waals surface area contributed by atoms with Gasteiger partial charge in [0.25, 0.3) is 0 Å². The van der Waals surface area contributed by atoms with E-state index in [0.717, 1.165) is 23.0 Å². The van der Waals surface area contributed by atoms with Crippen LogP contribution in [0.5, 0.6) is 0 Å². The number of nitrogens with two attached hydrogens (primary N) is 1. The van der Waals surface area contributed by atoms with E-state index in [2.05, 4.69) is 16.8 Å².